The first kappa shape index (κ1) is 25.0. The molecule has 2 aromatic heterocycles. The van der Waals surface area contributed by atoms with Crippen LogP contribution in [-0.4, -0.2) is 20.6 Å². The van der Waals surface area contributed by atoms with Gasteiger partial charge in [0.25, 0.3) is 5.56 Å². The third-order valence-corrected chi connectivity index (χ3v) is 6.50. The summed E-state index contributed by atoms with van der Waals surface area (Å²) in [7, 11) is 0. The van der Waals surface area contributed by atoms with Gasteiger partial charge in [0.15, 0.2) is 5.82 Å². The normalized spacial score (nSPS) is 12.3. The molecule has 0 aliphatic carbocycles. The molecule has 0 aliphatic rings. The van der Waals surface area contributed by atoms with Gasteiger partial charge in [-0.25, -0.2) is 18.5 Å². The topological polar surface area (TPSA) is 52.2 Å². The average Bonchev–Trinajstić information content (AvgIpc) is 3.28. The number of hydrogen-bond acceptors (Lipinski definition) is 3. The molecule has 3 aromatic carbocycles. The monoisotopic (exact) mass is 508 g/mol. The van der Waals surface area contributed by atoms with Crippen molar-refractivity contribution in [3.63, 3.8) is 0 Å². The third kappa shape index (κ3) is 4.26. The van der Waals surface area contributed by atoms with E-state index in [9.17, 15) is 13.6 Å². The fraction of sp³-hybridized carbons (Fsp3) is 0.129. The Balaban J connectivity index is 1.84. The van der Waals surface area contributed by atoms with Gasteiger partial charge >= 0.3 is 0 Å². The van der Waals surface area contributed by atoms with Gasteiger partial charge in [0.05, 0.1) is 17.1 Å². The summed E-state index contributed by atoms with van der Waals surface area (Å²) >= 11 is 0. The molecule has 190 valence electrons. The number of aromatic nitrogens is 3. The summed E-state index contributed by atoms with van der Waals surface area (Å²) in [6.45, 7) is 9.68. The summed E-state index contributed by atoms with van der Waals surface area (Å²) in [4.78, 5) is 18.4. The highest BCUT2D eigenvalue weighted by Gasteiger charge is 2.26. The lowest BCUT2D eigenvalue weighted by molar-refractivity contribution is 0.544. The van der Waals surface area contributed by atoms with Crippen LogP contribution in [0.4, 0.5) is 14.6 Å². The zero-order valence-electron chi connectivity index (χ0n) is 21.3. The smallest absolute Gasteiger partial charge is 0.266 e. The molecule has 2 heterocycles. The van der Waals surface area contributed by atoms with Gasteiger partial charge < -0.3 is 0 Å². The van der Waals surface area contributed by atoms with Crippen molar-refractivity contribution in [1.29, 1.82) is 0 Å². The van der Waals surface area contributed by atoms with E-state index in [0.29, 0.717) is 45.0 Å². The van der Waals surface area contributed by atoms with E-state index in [2.05, 4.69) is 11.6 Å². The average molecular weight is 509 g/mol. The summed E-state index contributed by atoms with van der Waals surface area (Å²) in [5.74, 6) is -0.435. The molecule has 5 rings (SSSR count). The second-order valence-electron chi connectivity index (χ2n) is 9.10. The van der Waals surface area contributed by atoms with Crippen LogP contribution in [0.2, 0.25) is 0 Å². The molecule has 7 heteroatoms. The molecule has 0 aliphatic heterocycles. The van der Waals surface area contributed by atoms with Gasteiger partial charge in [-0.3, -0.25) is 9.36 Å². The second-order valence-corrected chi connectivity index (χ2v) is 9.10. The highest BCUT2D eigenvalue weighted by Crippen LogP contribution is 2.39. The number of allylic oxidation sites excluding steroid dienone is 1. The molecule has 0 bridgehead atoms. The van der Waals surface area contributed by atoms with Crippen LogP contribution in [-0.2, 0) is 0 Å². The summed E-state index contributed by atoms with van der Waals surface area (Å²) in [6, 6.07) is 21.2. The first-order chi connectivity index (χ1) is 18.3. The number of aliphatic imine (C=N–C) groups is 1. The van der Waals surface area contributed by atoms with Crippen molar-refractivity contribution in [2.75, 3.05) is 0 Å². The fourth-order valence-corrected chi connectivity index (χ4v) is 4.79. The lowest BCUT2D eigenvalue weighted by atomic mass is 10.0. The van der Waals surface area contributed by atoms with Gasteiger partial charge in [-0.1, -0.05) is 49.0 Å². The molecule has 0 spiro atoms. The molecule has 38 heavy (non-hydrogen) atoms. The quantitative estimate of drug-likeness (QED) is 0.223. The minimum atomic E-state index is -0.579. The molecule has 0 saturated carbocycles. The highest BCUT2D eigenvalue weighted by atomic mass is 19.1. The molecule has 0 saturated heterocycles. The maximum atomic E-state index is 14.8. The molecule has 0 N–H and O–H groups in total. The number of rotatable bonds is 6. The van der Waals surface area contributed by atoms with Gasteiger partial charge in [-0.2, -0.15) is 5.10 Å². The Kier molecular flexibility index (Phi) is 6.59. The molecular formula is C31H26F2N4O. The molecule has 1 atom stereocenters. The van der Waals surface area contributed by atoms with Crippen molar-refractivity contribution in [2.45, 2.75) is 26.8 Å². The largest absolute Gasteiger partial charge is 0.278 e. The standard InChI is InChI=1S/C31H26F2N4O/c1-5-34-30-27(19(2)3)29(22-12-9-13-23(32)17-22)35-37(30)20(4)26-18-21-11-10-16-25(33)28(21)31(38)36(26)24-14-7-6-8-15-24/h5-18,20H,2H2,1,3-4H3/b34-5-. The maximum Gasteiger partial charge on any atom is 0.266 e. The molecule has 0 radical (unpaired) electrons. The Bertz CT molecular complexity index is 1770. The Morgan fingerprint density at radius 1 is 1.03 bits per heavy atom. The number of benzene rings is 3. The van der Waals surface area contributed by atoms with Crippen molar-refractivity contribution in [2.24, 2.45) is 4.99 Å². The van der Waals surface area contributed by atoms with Gasteiger partial charge in [0, 0.05) is 23.0 Å². The number of fused-ring (bicyclic) bond motifs is 1. The minimum Gasteiger partial charge on any atom is -0.278 e. The number of hydrogen-bond donors (Lipinski definition) is 0. The molecule has 0 amide bonds. The first-order valence-corrected chi connectivity index (χ1v) is 12.2. The Labute approximate surface area is 219 Å². The van der Waals surface area contributed by atoms with E-state index in [1.165, 1.54) is 22.8 Å². The van der Waals surface area contributed by atoms with E-state index in [0.717, 1.165) is 0 Å². The Morgan fingerprint density at radius 2 is 1.76 bits per heavy atom. The van der Waals surface area contributed by atoms with E-state index in [1.54, 1.807) is 60.3 Å². The van der Waals surface area contributed by atoms with Crippen LogP contribution >= 0.6 is 0 Å². The molecule has 0 fully saturated rings. The third-order valence-electron chi connectivity index (χ3n) is 6.50. The van der Waals surface area contributed by atoms with Crippen LogP contribution in [0.1, 0.15) is 38.1 Å². The highest BCUT2D eigenvalue weighted by molar-refractivity contribution is 5.85. The lowest BCUT2D eigenvalue weighted by Gasteiger charge is -2.21. The lowest BCUT2D eigenvalue weighted by Crippen LogP contribution is -2.26. The number of halogens is 2. The van der Waals surface area contributed by atoms with Crippen LogP contribution in [0.15, 0.2) is 95.2 Å². The molecule has 5 nitrogen and oxygen atoms in total. The molecule has 5 aromatic rings. The van der Waals surface area contributed by atoms with Crippen molar-refractivity contribution >= 4 is 28.4 Å². The van der Waals surface area contributed by atoms with E-state index >= 15 is 0 Å². The Morgan fingerprint density at radius 3 is 2.45 bits per heavy atom. The van der Waals surface area contributed by atoms with Gasteiger partial charge in [-0.05, 0) is 68.1 Å². The zero-order chi connectivity index (χ0) is 27.0. The van der Waals surface area contributed by atoms with E-state index in [-0.39, 0.29) is 11.2 Å². The number of nitrogens with zero attached hydrogens (tertiary/aromatic N) is 4. The van der Waals surface area contributed by atoms with E-state index in [1.807, 2.05) is 32.0 Å². The van der Waals surface area contributed by atoms with Crippen LogP contribution < -0.4 is 5.56 Å². The molecule has 1 unspecified atom stereocenters. The number of pyridine rings is 1. The van der Waals surface area contributed by atoms with Gasteiger partial charge in [-0.15, -0.1) is 0 Å². The second kappa shape index (κ2) is 10.0. The first-order valence-electron chi connectivity index (χ1n) is 12.2. The van der Waals surface area contributed by atoms with Gasteiger partial charge in [0.2, 0.25) is 0 Å². The summed E-state index contributed by atoms with van der Waals surface area (Å²) in [5.41, 5.74) is 3.24. The van der Waals surface area contributed by atoms with Crippen molar-refractivity contribution in [3.05, 3.63) is 119 Å². The summed E-state index contributed by atoms with van der Waals surface area (Å²) in [5, 5.41) is 5.39. The SMILES string of the molecule is C=C(C)c1c(-c2cccc(F)c2)nn(C(C)c2cc3cccc(F)c3c(=O)n2-c2ccccc2)c1/N=C\C. The zero-order valence-corrected chi connectivity index (χ0v) is 21.3. The summed E-state index contributed by atoms with van der Waals surface area (Å²) in [6.07, 6.45) is 1.65. The van der Waals surface area contributed by atoms with Crippen molar-refractivity contribution in [3.8, 4) is 16.9 Å². The maximum absolute atomic E-state index is 14.8. The number of para-hydroxylation sites is 1. The van der Waals surface area contributed by atoms with Crippen molar-refractivity contribution < 1.29 is 8.78 Å². The minimum absolute atomic E-state index is 0.0163. The van der Waals surface area contributed by atoms with E-state index < -0.39 is 17.4 Å². The van der Waals surface area contributed by atoms with Crippen LogP contribution in [0.5, 0.6) is 0 Å². The van der Waals surface area contributed by atoms with Gasteiger partial charge in [0.1, 0.15) is 17.3 Å². The molecular weight excluding hydrogens is 482 g/mol. The van der Waals surface area contributed by atoms with Crippen molar-refractivity contribution in [1.82, 2.24) is 14.3 Å². The predicted octanol–water partition coefficient (Wildman–Crippen LogP) is 7.50. The van der Waals surface area contributed by atoms with Crippen LogP contribution in [0.25, 0.3) is 33.3 Å². The fourth-order valence-electron chi connectivity index (χ4n) is 4.79. The predicted molar refractivity (Wildman–Crippen MR) is 149 cm³/mol. The van der Waals surface area contributed by atoms with E-state index in [4.69, 9.17) is 5.10 Å². The summed E-state index contributed by atoms with van der Waals surface area (Å²) < 4.78 is 32.2. The van der Waals surface area contributed by atoms with Crippen LogP contribution in [0.3, 0.4) is 0 Å². The Hall–Kier alpha value is -4.65. The van der Waals surface area contributed by atoms with Crippen LogP contribution in [0, 0.1) is 11.6 Å².